The molecule has 18 heavy (non-hydrogen) atoms. The van der Waals surface area contributed by atoms with Gasteiger partial charge in [-0.25, -0.2) is 4.79 Å². The fraction of sp³-hybridized carbons (Fsp3) is 0.429. The van der Waals surface area contributed by atoms with Crippen LogP contribution in [0.4, 0.5) is 0 Å². The van der Waals surface area contributed by atoms with E-state index in [2.05, 4.69) is 0 Å². The largest absolute Gasteiger partial charge is 0.478 e. The maximum Gasteiger partial charge on any atom is 0.335 e. The second-order valence-corrected chi connectivity index (χ2v) is 4.61. The Morgan fingerprint density at radius 3 is 2.89 bits per heavy atom. The van der Waals surface area contributed by atoms with E-state index in [9.17, 15) is 9.59 Å². The van der Waals surface area contributed by atoms with Gasteiger partial charge in [0.25, 0.3) is 0 Å². The Bertz CT molecular complexity index is 470. The van der Waals surface area contributed by atoms with Crippen molar-refractivity contribution >= 4 is 11.9 Å². The predicted molar refractivity (Wildman–Crippen MR) is 67.6 cm³/mol. The van der Waals surface area contributed by atoms with Crippen LogP contribution in [-0.4, -0.2) is 35.0 Å². The van der Waals surface area contributed by atoms with Gasteiger partial charge in [-0.05, 0) is 24.1 Å². The second-order valence-electron chi connectivity index (χ2n) is 4.61. The Kier molecular flexibility index (Phi) is 3.65. The zero-order valence-electron chi connectivity index (χ0n) is 10.4. The minimum atomic E-state index is -0.906. The molecule has 0 saturated carbocycles. The third-order valence-corrected chi connectivity index (χ3v) is 3.45. The van der Waals surface area contributed by atoms with Gasteiger partial charge in [-0.15, -0.1) is 0 Å². The lowest BCUT2D eigenvalue weighted by atomic mass is 9.97. The fourth-order valence-electron chi connectivity index (χ4n) is 2.41. The quantitative estimate of drug-likeness (QED) is 0.890. The zero-order chi connectivity index (χ0) is 13.1. The molecule has 0 spiro atoms. The summed E-state index contributed by atoms with van der Waals surface area (Å²) < 4.78 is 0. The molecule has 0 radical (unpaired) electrons. The Balaban J connectivity index is 2.12. The average Bonchev–Trinajstić information content (AvgIpc) is 2.87. The predicted octanol–water partition coefficient (Wildman–Crippen LogP) is 2.11. The lowest BCUT2D eigenvalue weighted by Gasteiger charge is -2.15. The molecule has 2 rings (SSSR count). The number of likely N-dealkylation sites (tertiary alicyclic amines) is 1. The highest BCUT2D eigenvalue weighted by atomic mass is 16.4. The monoisotopic (exact) mass is 247 g/mol. The van der Waals surface area contributed by atoms with Crippen molar-refractivity contribution in [3.8, 4) is 0 Å². The van der Waals surface area contributed by atoms with E-state index in [0.717, 1.165) is 18.5 Å². The van der Waals surface area contributed by atoms with Crippen LogP contribution in [0.25, 0.3) is 0 Å². The van der Waals surface area contributed by atoms with Gasteiger partial charge in [0.05, 0.1) is 5.56 Å². The van der Waals surface area contributed by atoms with Gasteiger partial charge in [0.15, 0.2) is 0 Å². The normalized spacial score (nSPS) is 18.9. The van der Waals surface area contributed by atoms with E-state index < -0.39 is 5.97 Å². The van der Waals surface area contributed by atoms with E-state index in [4.69, 9.17) is 5.11 Å². The van der Waals surface area contributed by atoms with E-state index in [0.29, 0.717) is 18.5 Å². The molecule has 4 nitrogen and oxygen atoms in total. The summed E-state index contributed by atoms with van der Waals surface area (Å²) in [5.74, 6) is -0.469. The van der Waals surface area contributed by atoms with E-state index >= 15 is 0 Å². The van der Waals surface area contributed by atoms with Gasteiger partial charge in [-0.2, -0.15) is 0 Å². The molecule has 1 aromatic carbocycles. The van der Waals surface area contributed by atoms with E-state index in [1.165, 1.54) is 0 Å². The van der Waals surface area contributed by atoms with Crippen LogP contribution in [0.2, 0.25) is 0 Å². The molecule has 0 aliphatic carbocycles. The smallest absolute Gasteiger partial charge is 0.335 e. The molecule has 0 bridgehead atoms. The third-order valence-electron chi connectivity index (χ3n) is 3.45. The molecule has 1 atom stereocenters. The van der Waals surface area contributed by atoms with Gasteiger partial charge >= 0.3 is 5.97 Å². The average molecular weight is 247 g/mol. The molecule has 96 valence electrons. The first-order valence-electron chi connectivity index (χ1n) is 6.23. The van der Waals surface area contributed by atoms with Gasteiger partial charge in [0.1, 0.15) is 0 Å². The Labute approximate surface area is 106 Å². The van der Waals surface area contributed by atoms with Crippen LogP contribution in [0.1, 0.15) is 41.6 Å². The molecule has 1 amide bonds. The Morgan fingerprint density at radius 2 is 2.22 bits per heavy atom. The summed E-state index contributed by atoms with van der Waals surface area (Å²) >= 11 is 0. The number of carboxylic acids is 1. The highest BCUT2D eigenvalue weighted by molar-refractivity contribution is 5.87. The fourth-order valence-corrected chi connectivity index (χ4v) is 2.41. The highest BCUT2D eigenvalue weighted by Gasteiger charge is 2.26. The second kappa shape index (κ2) is 5.21. The van der Waals surface area contributed by atoms with Crippen molar-refractivity contribution < 1.29 is 14.7 Å². The van der Waals surface area contributed by atoms with Gasteiger partial charge in [0.2, 0.25) is 5.91 Å². The summed E-state index contributed by atoms with van der Waals surface area (Å²) in [4.78, 5) is 24.4. The highest BCUT2D eigenvalue weighted by Crippen LogP contribution is 2.28. The van der Waals surface area contributed by atoms with Crippen molar-refractivity contribution in [3.05, 3.63) is 35.4 Å². The van der Waals surface area contributed by atoms with Gasteiger partial charge in [0, 0.05) is 25.4 Å². The van der Waals surface area contributed by atoms with Crippen LogP contribution in [0.5, 0.6) is 0 Å². The maximum atomic E-state index is 11.6. The maximum absolute atomic E-state index is 11.6. The summed E-state index contributed by atoms with van der Waals surface area (Å²) in [6.45, 7) is 3.34. The van der Waals surface area contributed by atoms with Gasteiger partial charge < -0.3 is 10.0 Å². The number of hydrogen-bond acceptors (Lipinski definition) is 2. The minimum absolute atomic E-state index is 0.173. The van der Waals surface area contributed by atoms with E-state index in [1.807, 2.05) is 17.9 Å². The van der Waals surface area contributed by atoms with Crippen LogP contribution in [0.15, 0.2) is 24.3 Å². The number of rotatable bonds is 3. The van der Waals surface area contributed by atoms with E-state index in [1.54, 1.807) is 18.2 Å². The van der Waals surface area contributed by atoms with E-state index in [-0.39, 0.29) is 11.8 Å². The lowest BCUT2D eigenvalue weighted by molar-refractivity contribution is -0.129. The SMILES string of the molecule is CCC(=O)N1CCC(c2cccc(C(=O)O)c2)C1. The molecule has 1 fully saturated rings. The van der Waals surface area contributed by atoms with Crippen molar-refractivity contribution in [3.63, 3.8) is 0 Å². The van der Waals surface area contributed by atoms with Gasteiger partial charge in [-0.1, -0.05) is 19.1 Å². The van der Waals surface area contributed by atoms with Crippen molar-refractivity contribution in [2.45, 2.75) is 25.7 Å². The van der Waals surface area contributed by atoms with Gasteiger partial charge in [-0.3, -0.25) is 4.79 Å². The Hall–Kier alpha value is -1.84. The third kappa shape index (κ3) is 2.53. The number of carbonyl (C=O) groups excluding carboxylic acids is 1. The topological polar surface area (TPSA) is 57.6 Å². The van der Waals surface area contributed by atoms with Crippen molar-refractivity contribution in [1.82, 2.24) is 4.90 Å². The first-order chi connectivity index (χ1) is 8.61. The standard InChI is InChI=1S/C14H17NO3/c1-2-13(16)15-7-6-12(9-15)10-4-3-5-11(8-10)14(17)18/h3-5,8,12H,2,6-7,9H2,1H3,(H,17,18). The molecule has 1 aliphatic heterocycles. The number of carboxylic acid groups (broad SMARTS) is 1. The summed E-state index contributed by atoms with van der Waals surface area (Å²) in [6, 6.07) is 7.02. The number of benzene rings is 1. The summed E-state index contributed by atoms with van der Waals surface area (Å²) in [6.07, 6.45) is 1.44. The molecule has 1 saturated heterocycles. The zero-order valence-corrected chi connectivity index (χ0v) is 10.4. The van der Waals surface area contributed by atoms with Crippen LogP contribution < -0.4 is 0 Å². The number of carbonyl (C=O) groups is 2. The summed E-state index contributed by atoms with van der Waals surface area (Å²) in [5, 5.41) is 8.97. The molecular formula is C14H17NO3. The number of amides is 1. The summed E-state index contributed by atoms with van der Waals surface area (Å²) in [5.41, 5.74) is 1.33. The molecule has 1 N–H and O–H groups in total. The minimum Gasteiger partial charge on any atom is -0.478 e. The van der Waals surface area contributed by atoms with Crippen LogP contribution in [0.3, 0.4) is 0 Å². The van der Waals surface area contributed by atoms with Crippen LogP contribution in [-0.2, 0) is 4.79 Å². The molecule has 1 aliphatic rings. The number of aromatic carboxylic acids is 1. The molecule has 1 heterocycles. The molecule has 1 unspecified atom stereocenters. The molecule has 0 aromatic heterocycles. The lowest BCUT2D eigenvalue weighted by Crippen LogP contribution is -2.27. The Morgan fingerprint density at radius 1 is 1.44 bits per heavy atom. The first-order valence-corrected chi connectivity index (χ1v) is 6.23. The van der Waals surface area contributed by atoms with Crippen molar-refractivity contribution in [2.75, 3.05) is 13.1 Å². The number of hydrogen-bond donors (Lipinski definition) is 1. The summed E-state index contributed by atoms with van der Waals surface area (Å²) in [7, 11) is 0. The van der Waals surface area contributed by atoms with Crippen molar-refractivity contribution in [1.29, 1.82) is 0 Å². The molecular weight excluding hydrogens is 230 g/mol. The number of nitrogens with zero attached hydrogens (tertiary/aromatic N) is 1. The molecule has 4 heteroatoms. The van der Waals surface area contributed by atoms with Crippen molar-refractivity contribution in [2.24, 2.45) is 0 Å². The van der Waals surface area contributed by atoms with Crippen LogP contribution >= 0.6 is 0 Å². The van der Waals surface area contributed by atoms with Crippen LogP contribution in [0, 0.1) is 0 Å². The molecule has 1 aromatic rings. The first kappa shape index (κ1) is 12.6.